The van der Waals surface area contributed by atoms with Crippen LogP contribution in [0.4, 0.5) is 0 Å². The van der Waals surface area contributed by atoms with Crippen LogP contribution >= 0.6 is 0 Å². The van der Waals surface area contributed by atoms with Gasteiger partial charge in [-0.2, -0.15) is 0 Å². The van der Waals surface area contributed by atoms with Crippen LogP contribution < -0.4 is 0 Å². The molecule has 5 rings (SSSR count). The van der Waals surface area contributed by atoms with Gasteiger partial charge in [0.1, 0.15) is 18.3 Å². The topological polar surface area (TPSA) is 83.6 Å². The molecule has 7 nitrogen and oxygen atoms in total. The van der Waals surface area contributed by atoms with Crippen molar-refractivity contribution >= 4 is 11.9 Å². The third-order valence-electron chi connectivity index (χ3n) is 9.18. The second-order valence-corrected chi connectivity index (χ2v) is 10.5. The predicted octanol–water partition coefficient (Wildman–Crippen LogP) is 3.36. The molecule has 31 heavy (non-hydrogen) atoms. The van der Waals surface area contributed by atoms with Crippen LogP contribution in [0.2, 0.25) is 0 Å². The lowest BCUT2D eigenvalue weighted by molar-refractivity contribution is -0.253. The summed E-state index contributed by atoms with van der Waals surface area (Å²) in [4.78, 5) is 24.0. The van der Waals surface area contributed by atoms with Crippen molar-refractivity contribution in [3.8, 4) is 0 Å². The molecule has 0 unspecified atom stereocenters. The van der Waals surface area contributed by atoms with Gasteiger partial charge in [0.05, 0.1) is 24.4 Å². The van der Waals surface area contributed by atoms with E-state index in [0.717, 1.165) is 25.7 Å². The maximum atomic E-state index is 12.1. The Labute approximate surface area is 183 Å². The van der Waals surface area contributed by atoms with Crippen LogP contribution in [0.1, 0.15) is 59.8 Å². The Hall–Kier alpha value is -1.60. The highest BCUT2D eigenvalue weighted by Crippen LogP contribution is 2.70. The van der Waals surface area contributed by atoms with E-state index in [-0.39, 0.29) is 60.2 Å². The lowest BCUT2D eigenvalue weighted by Gasteiger charge is -2.64. The van der Waals surface area contributed by atoms with E-state index in [1.165, 1.54) is 13.8 Å². The monoisotopic (exact) mass is 434 g/mol. The summed E-state index contributed by atoms with van der Waals surface area (Å²) in [5.41, 5.74) is -1.16. The molecule has 0 bridgehead atoms. The van der Waals surface area contributed by atoms with Crippen LogP contribution in [0.5, 0.6) is 0 Å². The molecule has 172 valence electrons. The molecule has 0 amide bonds. The van der Waals surface area contributed by atoms with E-state index in [1.807, 2.05) is 0 Å². The summed E-state index contributed by atoms with van der Waals surface area (Å²) in [5.74, 6) is 0.0539. The van der Waals surface area contributed by atoms with Crippen LogP contribution in [0, 0.1) is 28.6 Å². The van der Waals surface area contributed by atoms with Gasteiger partial charge in [-0.1, -0.05) is 20.3 Å². The number of carbonyl (C=O) groups is 2. The smallest absolute Gasteiger partial charge is 0.302 e. The molecule has 0 radical (unpaired) electrons. The molecule has 5 aliphatic rings. The first-order valence-electron chi connectivity index (χ1n) is 11.6. The lowest BCUT2D eigenvalue weighted by atomic mass is 9.42. The minimum Gasteiger partial charge on any atom is -0.472 e. The number of rotatable bonds is 4. The Morgan fingerprint density at radius 1 is 1.19 bits per heavy atom. The first kappa shape index (κ1) is 21.3. The quantitative estimate of drug-likeness (QED) is 0.496. The van der Waals surface area contributed by atoms with Crippen LogP contribution in [0.15, 0.2) is 12.3 Å². The highest BCUT2D eigenvalue weighted by Gasteiger charge is 2.76. The maximum Gasteiger partial charge on any atom is 0.302 e. The van der Waals surface area contributed by atoms with Gasteiger partial charge in [0.15, 0.2) is 0 Å². The lowest BCUT2D eigenvalue weighted by Crippen LogP contribution is -2.69. The second-order valence-electron chi connectivity index (χ2n) is 10.5. The minimum absolute atomic E-state index is 0.0244. The highest BCUT2D eigenvalue weighted by molar-refractivity contribution is 5.67. The number of esters is 2. The summed E-state index contributed by atoms with van der Waals surface area (Å²) in [6, 6.07) is 0. The number of hydrogen-bond acceptors (Lipinski definition) is 7. The van der Waals surface area contributed by atoms with Gasteiger partial charge in [0, 0.05) is 25.2 Å². The molecule has 0 N–H and O–H groups in total. The molecule has 2 saturated heterocycles. The minimum atomic E-state index is -0.568. The van der Waals surface area contributed by atoms with E-state index in [0.29, 0.717) is 13.0 Å². The average Bonchev–Trinajstić information content (AvgIpc) is 3.15. The molecule has 4 fully saturated rings. The fourth-order valence-electron chi connectivity index (χ4n) is 7.46. The fourth-order valence-corrected chi connectivity index (χ4v) is 7.46. The molecular formula is C24H34O7. The Kier molecular flexibility index (Phi) is 4.94. The van der Waals surface area contributed by atoms with E-state index >= 15 is 0 Å². The van der Waals surface area contributed by atoms with Gasteiger partial charge in [-0.15, -0.1) is 0 Å². The van der Waals surface area contributed by atoms with Gasteiger partial charge >= 0.3 is 11.9 Å². The maximum absolute atomic E-state index is 12.1. The zero-order chi connectivity index (χ0) is 22.0. The van der Waals surface area contributed by atoms with E-state index < -0.39 is 11.0 Å². The zero-order valence-electron chi connectivity index (χ0n) is 18.9. The third kappa shape index (κ3) is 2.99. The van der Waals surface area contributed by atoms with Crippen LogP contribution in [0.3, 0.4) is 0 Å². The summed E-state index contributed by atoms with van der Waals surface area (Å²) in [6.45, 7) is 8.30. The van der Waals surface area contributed by atoms with Gasteiger partial charge in [0.25, 0.3) is 0 Å². The first-order chi connectivity index (χ1) is 14.7. The molecule has 3 heterocycles. The summed E-state index contributed by atoms with van der Waals surface area (Å²) in [7, 11) is 0. The van der Waals surface area contributed by atoms with Gasteiger partial charge in [0.2, 0.25) is 6.29 Å². The number of epoxide rings is 1. The molecule has 0 aromatic carbocycles. The van der Waals surface area contributed by atoms with E-state index in [1.54, 1.807) is 6.26 Å². The molecule has 3 aliphatic heterocycles. The standard InChI is InChI=1S/C24H34O7/c1-14-10-20(30-16(3)26)24(13-28-15(2)25)18(6-5-8-23(24)12-29-23)22(14,4)19-11-17-7-9-27-21(17)31-19/h7,9,14,17-21H,5-6,8,10-13H2,1-4H3/t14-,17-,18+,19-,20-,21+,22-,23+,24-/m0/s1. The summed E-state index contributed by atoms with van der Waals surface area (Å²) < 4.78 is 30.0. The SMILES string of the molecule is CC(=O)OC[C@@]12[C@@H](OC(C)=O)C[C@H](C)[C@](C)([C@@H]3C[C@@H]4C=CO[C@@H]4O3)[C@H]1CCC[C@@]21CO1. The van der Waals surface area contributed by atoms with E-state index in [9.17, 15) is 9.59 Å². The molecule has 9 atom stereocenters. The molecule has 2 saturated carbocycles. The summed E-state index contributed by atoms with van der Waals surface area (Å²) in [5, 5.41) is 0. The van der Waals surface area contributed by atoms with Crippen molar-refractivity contribution < 1.29 is 33.3 Å². The fraction of sp³-hybridized carbons (Fsp3) is 0.833. The van der Waals surface area contributed by atoms with E-state index in [4.69, 9.17) is 23.7 Å². The van der Waals surface area contributed by atoms with Crippen molar-refractivity contribution in [2.75, 3.05) is 13.2 Å². The Morgan fingerprint density at radius 2 is 1.97 bits per heavy atom. The average molecular weight is 435 g/mol. The second kappa shape index (κ2) is 7.20. The molecule has 2 aliphatic carbocycles. The number of hydrogen-bond donors (Lipinski definition) is 0. The highest BCUT2D eigenvalue weighted by atomic mass is 16.7. The van der Waals surface area contributed by atoms with Crippen molar-refractivity contribution in [3.05, 3.63) is 12.3 Å². The Balaban J connectivity index is 1.58. The third-order valence-corrected chi connectivity index (χ3v) is 9.18. The van der Waals surface area contributed by atoms with Crippen molar-refractivity contribution in [3.63, 3.8) is 0 Å². The van der Waals surface area contributed by atoms with Gasteiger partial charge in [-0.25, -0.2) is 0 Å². The Morgan fingerprint density at radius 3 is 2.61 bits per heavy atom. The number of carbonyl (C=O) groups excluding carboxylic acids is 2. The summed E-state index contributed by atoms with van der Waals surface area (Å²) >= 11 is 0. The van der Waals surface area contributed by atoms with Crippen LogP contribution in [0.25, 0.3) is 0 Å². The van der Waals surface area contributed by atoms with Gasteiger partial charge in [-0.3, -0.25) is 9.59 Å². The molecular weight excluding hydrogens is 400 g/mol. The first-order valence-corrected chi connectivity index (χ1v) is 11.6. The van der Waals surface area contributed by atoms with E-state index in [2.05, 4.69) is 19.9 Å². The van der Waals surface area contributed by atoms with Crippen molar-refractivity contribution in [1.29, 1.82) is 0 Å². The Bertz CT molecular complexity index is 789. The van der Waals surface area contributed by atoms with Crippen LogP contribution in [-0.4, -0.2) is 49.3 Å². The molecule has 0 aromatic rings. The number of ether oxygens (including phenoxy) is 5. The summed E-state index contributed by atoms with van der Waals surface area (Å²) in [6.07, 6.45) is 7.82. The molecule has 7 heteroatoms. The molecule has 1 spiro atoms. The zero-order valence-corrected chi connectivity index (χ0v) is 18.9. The largest absolute Gasteiger partial charge is 0.472 e. The van der Waals surface area contributed by atoms with Crippen molar-refractivity contribution in [2.24, 2.45) is 28.6 Å². The predicted molar refractivity (Wildman–Crippen MR) is 110 cm³/mol. The van der Waals surface area contributed by atoms with Crippen molar-refractivity contribution in [2.45, 2.75) is 83.9 Å². The van der Waals surface area contributed by atoms with Crippen molar-refractivity contribution in [1.82, 2.24) is 0 Å². The molecule has 0 aromatic heterocycles. The van der Waals surface area contributed by atoms with Crippen LogP contribution in [-0.2, 0) is 33.3 Å². The van der Waals surface area contributed by atoms with Gasteiger partial charge in [-0.05, 0) is 43.6 Å². The normalized spacial score (nSPS) is 49.8. The number of fused-ring (bicyclic) bond motifs is 3. The van der Waals surface area contributed by atoms with Gasteiger partial charge < -0.3 is 23.7 Å².